The van der Waals surface area contributed by atoms with E-state index in [4.69, 9.17) is 9.47 Å². The number of fused-ring (bicyclic) bond motifs is 1. The number of ether oxygens (including phenoxy) is 2. The lowest BCUT2D eigenvalue weighted by atomic mass is 9.65. The first-order valence-corrected chi connectivity index (χ1v) is 18.0. The number of carbonyl (C=O) groups is 1. The number of hydrogen-bond donors (Lipinski definition) is 0. The van der Waals surface area contributed by atoms with E-state index < -0.39 is 0 Å². The predicted octanol–water partition coefficient (Wildman–Crippen LogP) is 10.8. The van der Waals surface area contributed by atoms with Crippen molar-refractivity contribution in [1.82, 2.24) is 0 Å². The van der Waals surface area contributed by atoms with E-state index >= 15 is 0 Å². The van der Waals surface area contributed by atoms with E-state index in [2.05, 4.69) is 64.1 Å². The Balaban J connectivity index is 1.26. The van der Waals surface area contributed by atoms with Gasteiger partial charge in [0.2, 0.25) is 0 Å². The van der Waals surface area contributed by atoms with E-state index in [1.165, 1.54) is 68.1 Å². The molecular formula is C42H59NO3. The van der Waals surface area contributed by atoms with E-state index in [1.807, 2.05) is 43.0 Å². The topological polar surface area (TPSA) is 38.8 Å². The third-order valence-corrected chi connectivity index (χ3v) is 10.6. The van der Waals surface area contributed by atoms with Crippen molar-refractivity contribution in [2.75, 3.05) is 25.2 Å². The maximum absolute atomic E-state index is 13.3. The summed E-state index contributed by atoms with van der Waals surface area (Å²) < 4.78 is 11.6. The Morgan fingerprint density at radius 1 is 0.957 bits per heavy atom. The molecule has 1 amide bonds. The van der Waals surface area contributed by atoms with Gasteiger partial charge in [-0.2, -0.15) is 0 Å². The SMILES string of the molecule is CCOc1cc2c(cc1OC)CCC(C(C)(CC)CC(C)CCCCc1ccc(C(=O)N(CC)c3cccc(C)c3)cc1)CCC2. The Morgan fingerprint density at radius 3 is 2.37 bits per heavy atom. The van der Waals surface area contributed by atoms with Gasteiger partial charge in [-0.15, -0.1) is 0 Å². The molecule has 0 saturated heterocycles. The Hall–Kier alpha value is -3.27. The number of unbranched alkanes of at least 4 members (excludes halogenated alkanes) is 1. The van der Waals surface area contributed by atoms with Gasteiger partial charge >= 0.3 is 0 Å². The van der Waals surface area contributed by atoms with Gasteiger partial charge in [0, 0.05) is 17.8 Å². The van der Waals surface area contributed by atoms with Crippen molar-refractivity contribution >= 4 is 11.6 Å². The summed E-state index contributed by atoms with van der Waals surface area (Å²) in [5.41, 5.74) is 7.47. The van der Waals surface area contributed by atoms with Crippen molar-refractivity contribution in [3.05, 3.63) is 88.5 Å². The molecule has 4 nitrogen and oxygen atoms in total. The lowest BCUT2D eigenvalue weighted by Gasteiger charge is -2.40. The predicted molar refractivity (Wildman–Crippen MR) is 194 cm³/mol. The molecule has 4 heteroatoms. The largest absolute Gasteiger partial charge is 0.493 e. The molecule has 4 rings (SSSR count). The number of amides is 1. The quantitative estimate of drug-likeness (QED) is 0.158. The fourth-order valence-corrected chi connectivity index (χ4v) is 7.78. The van der Waals surface area contributed by atoms with Crippen LogP contribution in [0.25, 0.3) is 0 Å². The van der Waals surface area contributed by atoms with E-state index in [1.54, 1.807) is 7.11 Å². The summed E-state index contributed by atoms with van der Waals surface area (Å²) in [5.74, 6) is 3.30. The number of anilines is 1. The molecule has 0 radical (unpaired) electrons. The van der Waals surface area contributed by atoms with Gasteiger partial charge in [0.25, 0.3) is 5.91 Å². The highest BCUT2D eigenvalue weighted by Gasteiger charge is 2.34. The number of carbonyl (C=O) groups excluding carboxylic acids is 1. The van der Waals surface area contributed by atoms with E-state index in [-0.39, 0.29) is 5.91 Å². The maximum atomic E-state index is 13.3. The minimum Gasteiger partial charge on any atom is -0.493 e. The molecule has 3 aromatic carbocycles. The van der Waals surface area contributed by atoms with E-state index in [0.29, 0.717) is 18.6 Å². The second kappa shape index (κ2) is 17.0. The highest BCUT2D eigenvalue weighted by Crippen LogP contribution is 2.45. The molecule has 3 atom stereocenters. The molecule has 1 aliphatic carbocycles. The molecule has 250 valence electrons. The van der Waals surface area contributed by atoms with Crippen LogP contribution in [-0.4, -0.2) is 26.2 Å². The molecule has 0 aliphatic heterocycles. The first kappa shape index (κ1) is 35.6. The molecular weight excluding hydrogens is 566 g/mol. The average Bonchev–Trinajstić information content (AvgIpc) is 3.04. The van der Waals surface area contributed by atoms with E-state index in [0.717, 1.165) is 59.4 Å². The number of rotatable bonds is 15. The lowest BCUT2D eigenvalue weighted by Crippen LogP contribution is -2.30. The van der Waals surface area contributed by atoms with Crippen molar-refractivity contribution < 1.29 is 14.3 Å². The molecule has 0 N–H and O–H groups in total. The van der Waals surface area contributed by atoms with Gasteiger partial charge in [0.15, 0.2) is 11.5 Å². The van der Waals surface area contributed by atoms with Crippen LogP contribution in [0.15, 0.2) is 60.7 Å². The molecule has 0 saturated carbocycles. The second-order valence-corrected chi connectivity index (χ2v) is 14.0. The van der Waals surface area contributed by atoms with E-state index in [9.17, 15) is 4.79 Å². The van der Waals surface area contributed by atoms with Crippen molar-refractivity contribution in [3.8, 4) is 11.5 Å². The number of benzene rings is 3. The summed E-state index contributed by atoms with van der Waals surface area (Å²) in [6.07, 6.45) is 13.4. The number of nitrogens with zero attached hydrogens (tertiary/aromatic N) is 1. The van der Waals surface area contributed by atoms with Crippen molar-refractivity contribution in [2.45, 2.75) is 112 Å². The lowest BCUT2D eigenvalue weighted by molar-refractivity contribution is 0.0988. The second-order valence-electron chi connectivity index (χ2n) is 14.0. The van der Waals surface area contributed by atoms with Crippen molar-refractivity contribution in [2.24, 2.45) is 17.3 Å². The Morgan fingerprint density at radius 2 is 1.70 bits per heavy atom. The maximum Gasteiger partial charge on any atom is 0.258 e. The van der Waals surface area contributed by atoms with Gasteiger partial charge in [-0.25, -0.2) is 0 Å². The zero-order chi connectivity index (χ0) is 33.1. The van der Waals surface area contributed by atoms with Crippen LogP contribution < -0.4 is 14.4 Å². The van der Waals surface area contributed by atoms with Crippen LogP contribution in [0.1, 0.15) is 119 Å². The van der Waals surface area contributed by atoms with Gasteiger partial charge in [0.05, 0.1) is 13.7 Å². The van der Waals surface area contributed by atoms with Gasteiger partial charge in [-0.3, -0.25) is 4.79 Å². The highest BCUT2D eigenvalue weighted by atomic mass is 16.5. The molecule has 46 heavy (non-hydrogen) atoms. The molecule has 0 heterocycles. The molecule has 3 unspecified atom stereocenters. The third-order valence-electron chi connectivity index (χ3n) is 10.6. The number of methoxy groups -OCH3 is 1. The molecule has 0 spiro atoms. The molecule has 3 aromatic rings. The first-order chi connectivity index (χ1) is 22.2. The van der Waals surface area contributed by atoms with Gasteiger partial charge in [0.1, 0.15) is 0 Å². The first-order valence-electron chi connectivity index (χ1n) is 18.0. The summed E-state index contributed by atoms with van der Waals surface area (Å²) in [6, 6.07) is 21.0. The van der Waals surface area contributed by atoms with Crippen molar-refractivity contribution in [3.63, 3.8) is 0 Å². The van der Waals surface area contributed by atoms with Gasteiger partial charge in [-0.05, 0) is 148 Å². The average molecular weight is 626 g/mol. The van der Waals surface area contributed by atoms with Crippen molar-refractivity contribution in [1.29, 1.82) is 0 Å². The Kier molecular flexibility index (Phi) is 13.2. The standard InChI is InChI=1S/C42H59NO3/c1-8-42(6,37-19-14-18-35-29-40(46-10-3)39(45-7)28-36(35)25-26-37)30-32(5)15-11-12-17-33-21-23-34(24-22-33)41(44)43(9-2)38-20-13-16-31(4)27-38/h13,16,20-24,27-29,32,37H,8-12,14-15,17-19,25-26,30H2,1-7H3. The summed E-state index contributed by atoms with van der Waals surface area (Å²) in [4.78, 5) is 15.1. The summed E-state index contributed by atoms with van der Waals surface area (Å²) in [6.45, 7) is 14.9. The van der Waals surface area contributed by atoms with Crippen LogP contribution in [0.5, 0.6) is 11.5 Å². The van der Waals surface area contributed by atoms with Crippen LogP contribution >= 0.6 is 0 Å². The van der Waals surface area contributed by atoms with Crippen LogP contribution in [-0.2, 0) is 19.3 Å². The Labute approximate surface area is 279 Å². The van der Waals surface area contributed by atoms with Crippen LogP contribution in [0.2, 0.25) is 0 Å². The zero-order valence-corrected chi connectivity index (χ0v) is 29.8. The summed E-state index contributed by atoms with van der Waals surface area (Å²) in [7, 11) is 1.75. The highest BCUT2D eigenvalue weighted by molar-refractivity contribution is 6.06. The molecule has 0 aromatic heterocycles. The Bertz CT molecular complexity index is 1400. The van der Waals surface area contributed by atoms with Gasteiger partial charge < -0.3 is 14.4 Å². The third kappa shape index (κ3) is 9.17. The smallest absolute Gasteiger partial charge is 0.258 e. The minimum atomic E-state index is 0.0661. The van der Waals surface area contributed by atoms with Crippen LogP contribution in [0.3, 0.4) is 0 Å². The molecule has 1 aliphatic rings. The fourth-order valence-electron chi connectivity index (χ4n) is 7.78. The monoisotopic (exact) mass is 625 g/mol. The van der Waals surface area contributed by atoms with Gasteiger partial charge in [-0.1, -0.05) is 64.3 Å². The fraction of sp³-hybridized carbons (Fsp3) is 0.548. The molecule has 0 fully saturated rings. The van der Waals surface area contributed by atoms with Crippen LogP contribution in [0.4, 0.5) is 5.69 Å². The normalized spacial score (nSPS) is 16.8. The summed E-state index contributed by atoms with van der Waals surface area (Å²) in [5, 5.41) is 0. The molecule has 0 bridgehead atoms. The zero-order valence-electron chi connectivity index (χ0n) is 29.8. The summed E-state index contributed by atoms with van der Waals surface area (Å²) >= 11 is 0. The van der Waals surface area contributed by atoms with Crippen LogP contribution in [0, 0.1) is 24.2 Å². The minimum absolute atomic E-state index is 0.0661. The number of hydrogen-bond acceptors (Lipinski definition) is 3. The number of aryl methyl sites for hydroxylation is 4.